The van der Waals surface area contributed by atoms with Gasteiger partial charge >= 0.3 is 0 Å². The first-order chi connectivity index (χ1) is 9.10. The number of nitrogens with one attached hydrogen (secondary N) is 1. The molecule has 1 saturated heterocycles. The Hall–Kier alpha value is -0.730. The monoisotopic (exact) mass is 278 g/mol. The average Bonchev–Trinajstić information content (AvgIpc) is 3.20. The number of anilines is 1. The molecule has 1 heterocycles. The van der Waals surface area contributed by atoms with E-state index in [2.05, 4.69) is 36.2 Å². The number of rotatable bonds is 2. The van der Waals surface area contributed by atoms with Crippen molar-refractivity contribution in [3.05, 3.63) is 28.8 Å². The van der Waals surface area contributed by atoms with Gasteiger partial charge < -0.3 is 10.2 Å². The zero-order chi connectivity index (χ0) is 13.5. The number of benzene rings is 1. The smallest absolute Gasteiger partial charge is 0.0455 e. The summed E-state index contributed by atoms with van der Waals surface area (Å²) in [5.41, 5.74) is 2.79. The molecule has 2 nitrogen and oxygen atoms in total. The van der Waals surface area contributed by atoms with Crippen molar-refractivity contribution in [2.75, 3.05) is 24.5 Å². The third-order valence-electron chi connectivity index (χ3n) is 4.71. The zero-order valence-electron chi connectivity index (χ0n) is 11.9. The molecule has 1 aliphatic carbocycles. The molecule has 0 bridgehead atoms. The Balaban J connectivity index is 1.88. The molecule has 1 aromatic rings. The predicted molar refractivity (Wildman–Crippen MR) is 82.2 cm³/mol. The highest BCUT2D eigenvalue weighted by atomic mass is 35.5. The Labute approximate surface area is 121 Å². The summed E-state index contributed by atoms with van der Waals surface area (Å²) in [4.78, 5) is 2.53. The maximum absolute atomic E-state index is 6.28. The van der Waals surface area contributed by atoms with Crippen LogP contribution in [0.4, 0.5) is 5.69 Å². The summed E-state index contributed by atoms with van der Waals surface area (Å²) in [6.45, 7) is 7.87. The van der Waals surface area contributed by atoms with Crippen LogP contribution in [0.2, 0.25) is 5.02 Å². The number of nitrogens with zero attached hydrogens (tertiary/aromatic N) is 1. The molecule has 2 aliphatic rings. The summed E-state index contributed by atoms with van der Waals surface area (Å²) in [5.74, 6) is 0.854. The van der Waals surface area contributed by atoms with E-state index in [9.17, 15) is 0 Å². The standard InChI is InChI=1S/C16H23ClN2/c1-12-14(17)5-3-6-15(12)19-10-4-9-18-16(2,11-19)13-7-8-13/h3,5-6,13,18H,4,7-11H2,1-2H3. The molecular formula is C16H23ClN2. The van der Waals surface area contributed by atoms with Crippen LogP contribution in [-0.4, -0.2) is 25.2 Å². The molecule has 0 radical (unpaired) electrons. The van der Waals surface area contributed by atoms with Crippen molar-refractivity contribution in [2.45, 2.75) is 38.6 Å². The molecule has 1 N–H and O–H groups in total. The van der Waals surface area contributed by atoms with Crippen molar-refractivity contribution < 1.29 is 0 Å². The van der Waals surface area contributed by atoms with Gasteiger partial charge in [0.25, 0.3) is 0 Å². The van der Waals surface area contributed by atoms with Gasteiger partial charge in [0.2, 0.25) is 0 Å². The predicted octanol–water partition coefficient (Wildman–Crippen LogP) is 3.62. The third kappa shape index (κ3) is 2.61. The number of hydrogen-bond donors (Lipinski definition) is 1. The highest BCUT2D eigenvalue weighted by Gasteiger charge is 2.43. The second kappa shape index (κ2) is 4.99. The Kier molecular flexibility index (Phi) is 3.48. The molecular weight excluding hydrogens is 256 g/mol. The van der Waals surface area contributed by atoms with E-state index < -0.39 is 0 Å². The van der Waals surface area contributed by atoms with Crippen molar-refractivity contribution >= 4 is 17.3 Å². The summed E-state index contributed by atoms with van der Waals surface area (Å²) in [5, 5.41) is 4.66. The maximum atomic E-state index is 6.28. The lowest BCUT2D eigenvalue weighted by atomic mass is 9.95. The lowest BCUT2D eigenvalue weighted by Gasteiger charge is -2.35. The van der Waals surface area contributed by atoms with E-state index in [-0.39, 0.29) is 5.54 Å². The second-order valence-electron chi connectivity index (χ2n) is 6.28. The first kappa shape index (κ1) is 13.3. The summed E-state index contributed by atoms with van der Waals surface area (Å²) >= 11 is 6.28. The molecule has 1 aliphatic heterocycles. The zero-order valence-corrected chi connectivity index (χ0v) is 12.6. The molecule has 0 spiro atoms. The molecule has 3 heteroatoms. The Bertz CT molecular complexity index is 470. The Morgan fingerprint density at radius 1 is 1.37 bits per heavy atom. The number of halogens is 1. The lowest BCUT2D eigenvalue weighted by molar-refractivity contribution is 0.331. The Morgan fingerprint density at radius 2 is 2.16 bits per heavy atom. The van der Waals surface area contributed by atoms with Crippen molar-refractivity contribution in [1.29, 1.82) is 0 Å². The van der Waals surface area contributed by atoms with Crippen LogP contribution in [-0.2, 0) is 0 Å². The fourth-order valence-corrected chi connectivity index (χ4v) is 3.48. The van der Waals surface area contributed by atoms with E-state index in [1.54, 1.807) is 0 Å². The van der Waals surface area contributed by atoms with E-state index >= 15 is 0 Å². The van der Waals surface area contributed by atoms with Crippen LogP contribution in [0, 0.1) is 12.8 Å². The van der Waals surface area contributed by atoms with Crippen LogP contribution in [0.25, 0.3) is 0 Å². The van der Waals surface area contributed by atoms with E-state index in [0.29, 0.717) is 0 Å². The van der Waals surface area contributed by atoms with Gasteiger partial charge in [-0.3, -0.25) is 0 Å². The summed E-state index contributed by atoms with van der Waals surface area (Å²) in [7, 11) is 0. The van der Waals surface area contributed by atoms with Crippen LogP contribution in [0.1, 0.15) is 31.7 Å². The van der Waals surface area contributed by atoms with Crippen LogP contribution in [0.15, 0.2) is 18.2 Å². The lowest BCUT2D eigenvalue weighted by Crippen LogP contribution is -2.51. The van der Waals surface area contributed by atoms with Gasteiger partial charge in [0.15, 0.2) is 0 Å². The third-order valence-corrected chi connectivity index (χ3v) is 5.12. The second-order valence-corrected chi connectivity index (χ2v) is 6.68. The van der Waals surface area contributed by atoms with Gasteiger partial charge in [-0.1, -0.05) is 17.7 Å². The van der Waals surface area contributed by atoms with Gasteiger partial charge in [0.05, 0.1) is 0 Å². The largest absolute Gasteiger partial charge is 0.369 e. The molecule has 1 aromatic carbocycles. The summed E-state index contributed by atoms with van der Waals surface area (Å²) in [6, 6.07) is 6.26. The molecule has 2 fully saturated rings. The van der Waals surface area contributed by atoms with Gasteiger partial charge in [0, 0.05) is 29.3 Å². The van der Waals surface area contributed by atoms with Gasteiger partial charge in [-0.25, -0.2) is 0 Å². The van der Waals surface area contributed by atoms with E-state index in [4.69, 9.17) is 11.6 Å². The number of hydrogen-bond acceptors (Lipinski definition) is 2. The topological polar surface area (TPSA) is 15.3 Å². The van der Waals surface area contributed by atoms with E-state index in [1.807, 2.05) is 6.07 Å². The van der Waals surface area contributed by atoms with Crippen LogP contribution >= 0.6 is 11.6 Å². The van der Waals surface area contributed by atoms with E-state index in [0.717, 1.165) is 30.6 Å². The van der Waals surface area contributed by atoms with Gasteiger partial charge in [-0.2, -0.15) is 0 Å². The van der Waals surface area contributed by atoms with Crippen molar-refractivity contribution in [3.63, 3.8) is 0 Å². The first-order valence-corrected chi connectivity index (χ1v) is 7.73. The van der Waals surface area contributed by atoms with Crippen LogP contribution < -0.4 is 10.2 Å². The highest BCUT2D eigenvalue weighted by molar-refractivity contribution is 6.31. The van der Waals surface area contributed by atoms with Gasteiger partial charge in [-0.15, -0.1) is 0 Å². The highest BCUT2D eigenvalue weighted by Crippen LogP contribution is 2.41. The SMILES string of the molecule is Cc1c(Cl)cccc1N1CCCNC(C)(C2CC2)C1. The van der Waals surface area contributed by atoms with Crippen LogP contribution in [0.5, 0.6) is 0 Å². The van der Waals surface area contributed by atoms with Crippen molar-refractivity contribution in [3.8, 4) is 0 Å². The molecule has 1 atom stereocenters. The Morgan fingerprint density at radius 3 is 2.89 bits per heavy atom. The molecule has 104 valence electrons. The molecule has 1 unspecified atom stereocenters. The minimum absolute atomic E-state index is 0.269. The molecule has 1 saturated carbocycles. The fraction of sp³-hybridized carbons (Fsp3) is 0.625. The quantitative estimate of drug-likeness (QED) is 0.889. The van der Waals surface area contributed by atoms with Crippen LogP contribution in [0.3, 0.4) is 0 Å². The fourth-order valence-electron chi connectivity index (χ4n) is 3.31. The molecule has 3 rings (SSSR count). The average molecular weight is 279 g/mol. The van der Waals surface area contributed by atoms with Gasteiger partial charge in [-0.05, 0) is 63.3 Å². The molecule has 19 heavy (non-hydrogen) atoms. The normalized spacial score (nSPS) is 28.3. The first-order valence-electron chi connectivity index (χ1n) is 7.35. The maximum Gasteiger partial charge on any atom is 0.0455 e. The molecule has 0 aromatic heterocycles. The van der Waals surface area contributed by atoms with E-state index in [1.165, 1.54) is 30.5 Å². The van der Waals surface area contributed by atoms with Crippen molar-refractivity contribution in [1.82, 2.24) is 5.32 Å². The summed E-state index contributed by atoms with van der Waals surface area (Å²) < 4.78 is 0. The minimum Gasteiger partial charge on any atom is -0.369 e. The summed E-state index contributed by atoms with van der Waals surface area (Å²) in [6.07, 6.45) is 3.96. The molecule has 0 amide bonds. The minimum atomic E-state index is 0.269. The van der Waals surface area contributed by atoms with Gasteiger partial charge in [0.1, 0.15) is 0 Å². The van der Waals surface area contributed by atoms with Crippen molar-refractivity contribution in [2.24, 2.45) is 5.92 Å².